The first kappa shape index (κ1) is 19.9. The standard InChI is InChI=1S/C11H16.C10H13NO2/c1-9(2)8-11-6-4-10(3)5-7-11;1-8(2)7-9-3-5-10(6-4-9)11(12)13/h4-7,9H,8H2,1-3H3;3-6,8H,7H2,1-2H3. The molecule has 3 heteroatoms. The molecule has 0 aromatic heterocycles. The van der Waals surface area contributed by atoms with Gasteiger partial charge in [-0.05, 0) is 42.7 Å². The number of nitro groups is 1. The minimum absolute atomic E-state index is 0.160. The molecule has 0 atom stereocenters. The summed E-state index contributed by atoms with van der Waals surface area (Å²) in [6.07, 6.45) is 2.16. The minimum atomic E-state index is -0.376. The summed E-state index contributed by atoms with van der Waals surface area (Å²) >= 11 is 0. The SMILES string of the molecule is CC(C)Cc1ccc([N+](=O)[O-])cc1.Cc1ccc(CC(C)C)cc1. The van der Waals surface area contributed by atoms with Crippen LogP contribution in [0.1, 0.15) is 44.4 Å². The molecular formula is C21H29NO2. The second-order valence-electron chi connectivity index (χ2n) is 7.11. The molecule has 0 fully saturated rings. The van der Waals surface area contributed by atoms with Crippen LogP contribution in [-0.4, -0.2) is 4.92 Å². The number of hydrogen-bond donors (Lipinski definition) is 0. The zero-order valence-corrected chi connectivity index (χ0v) is 15.5. The van der Waals surface area contributed by atoms with Crippen LogP contribution in [-0.2, 0) is 12.8 Å². The highest BCUT2D eigenvalue weighted by atomic mass is 16.6. The van der Waals surface area contributed by atoms with Gasteiger partial charge in [-0.3, -0.25) is 10.1 Å². The van der Waals surface area contributed by atoms with E-state index in [1.54, 1.807) is 12.1 Å². The fourth-order valence-corrected chi connectivity index (χ4v) is 2.42. The topological polar surface area (TPSA) is 43.1 Å². The van der Waals surface area contributed by atoms with Crippen molar-refractivity contribution in [2.24, 2.45) is 11.8 Å². The van der Waals surface area contributed by atoms with Crippen LogP contribution < -0.4 is 0 Å². The predicted octanol–water partition coefficient (Wildman–Crippen LogP) is 5.99. The van der Waals surface area contributed by atoms with Crippen molar-refractivity contribution in [1.29, 1.82) is 0 Å². The van der Waals surface area contributed by atoms with E-state index in [1.807, 2.05) is 12.1 Å². The molecule has 2 aromatic carbocycles. The molecule has 0 radical (unpaired) electrons. The van der Waals surface area contributed by atoms with E-state index in [9.17, 15) is 10.1 Å². The van der Waals surface area contributed by atoms with Crippen molar-refractivity contribution in [1.82, 2.24) is 0 Å². The summed E-state index contributed by atoms with van der Waals surface area (Å²) < 4.78 is 0. The Hall–Kier alpha value is -2.16. The van der Waals surface area contributed by atoms with E-state index in [1.165, 1.54) is 17.5 Å². The first-order chi connectivity index (χ1) is 11.3. The third kappa shape index (κ3) is 7.91. The molecule has 0 bridgehead atoms. The molecule has 0 unspecified atom stereocenters. The van der Waals surface area contributed by atoms with Crippen molar-refractivity contribution in [2.75, 3.05) is 0 Å². The smallest absolute Gasteiger partial charge is 0.258 e. The van der Waals surface area contributed by atoms with Crippen LogP contribution in [0.3, 0.4) is 0 Å². The molecule has 0 aliphatic heterocycles. The Balaban J connectivity index is 0.000000243. The summed E-state index contributed by atoms with van der Waals surface area (Å²) in [6.45, 7) is 10.9. The Kier molecular flexibility index (Phi) is 8.17. The van der Waals surface area contributed by atoms with Crippen molar-refractivity contribution in [3.8, 4) is 0 Å². The molecule has 2 aromatic rings. The lowest BCUT2D eigenvalue weighted by Gasteiger charge is -2.04. The normalized spacial score (nSPS) is 10.5. The molecule has 24 heavy (non-hydrogen) atoms. The number of hydrogen-bond acceptors (Lipinski definition) is 2. The number of nitro benzene ring substituents is 1. The first-order valence-corrected chi connectivity index (χ1v) is 8.56. The molecule has 0 amide bonds. The van der Waals surface area contributed by atoms with Crippen molar-refractivity contribution in [2.45, 2.75) is 47.5 Å². The lowest BCUT2D eigenvalue weighted by atomic mass is 10.0. The summed E-state index contributed by atoms with van der Waals surface area (Å²) in [4.78, 5) is 9.96. The lowest BCUT2D eigenvalue weighted by molar-refractivity contribution is -0.384. The van der Waals surface area contributed by atoms with Gasteiger partial charge >= 0.3 is 0 Å². The molecule has 0 aliphatic rings. The fraction of sp³-hybridized carbons (Fsp3) is 0.429. The number of benzene rings is 2. The largest absolute Gasteiger partial charge is 0.269 e. The molecule has 0 spiro atoms. The Morgan fingerprint density at radius 2 is 1.17 bits per heavy atom. The van der Waals surface area contributed by atoms with E-state index in [2.05, 4.69) is 58.9 Å². The summed E-state index contributed by atoms with van der Waals surface area (Å²) in [5.74, 6) is 1.35. The summed E-state index contributed by atoms with van der Waals surface area (Å²) in [5.41, 5.74) is 4.11. The van der Waals surface area contributed by atoms with Crippen LogP contribution >= 0.6 is 0 Å². The van der Waals surface area contributed by atoms with Gasteiger partial charge in [-0.15, -0.1) is 0 Å². The molecule has 2 rings (SSSR count). The molecular weight excluding hydrogens is 298 g/mol. The van der Waals surface area contributed by atoms with Gasteiger partial charge in [0, 0.05) is 12.1 Å². The number of non-ortho nitro benzene ring substituents is 1. The Bertz CT molecular complexity index is 613. The van der Waals surface area contributed by atoms with Gasteiger partial charge in [-0.1, -0.05) is 69.7 Å². The number of nitrogens with zero attached hydrogens (tertiary/aromatic N) is 1. The van der Waals surface area contributed by atoms with Crippen LogP contribution in [0.15, 0.2) is 48.5 Å². The third-order valence-corrected chi connectivity index (χ3v) is 3.56. The molecule has 0 saturated heterocycles. The second-order valence-corrected chi connectivity index (χ2v) is 7.11. The summed E-state index contributed by atoms with van der Waals surface area (Å²) in [5, 5.41) is 10.3. The molecule has 130 valence electrons. The van der Waals surface area contributed by atoms with Gasteiger partial charge in [0.15, 0.2) is 0 Å². The van der Waals surface area contributed by atoms with E-state index in [0.717, 1.165) is 17.9 Å². The van der Waals surface area contributed by atoms with Gasteiger partial charge in [0.2, 0.25) is 0 Å². The predicted molar refractivity (Wildman–Crippen MR) is 101 cm³/mol. The van der Waals surface area contributed by atoms with Crippen LogP contribution in [0, 0.1) is 28.9 Å². The second kappa shape index (κ2) is 9.86. The minimum Gasteiger partial charge on any atom is -0.258 e. The van der Waals surface area contributed by atoms with Gasteiger partial charge in [0.05, 0.1) is 4.92 Å². The quantitative estimate of drug-likeness (QED) is 0.500. The van der Waals surface area contributed by atoms with Gasteiger partial charge in [-0.2, -0.15) is 0 Å². The number of aryl methyl sites for hydroxylation is 1. The molecule has 3 nitrogen and oxygen atoms in total. The average Bonchev–Trinajstić information content (AvgIpc) is 2.50. The first-order valence-electron chi connectivity index (χ1n) is 8.56. The maximum Gasteiger partial charge on any atom is 0.269 e. The van der Waals surface area contributed by atoms with E-state index in [4.69, 9.17) is 0 Å². The monoisotopic (exact) mass is 327 g/mol. The third-order valence-electron chi connectivity index (χ3n) is 3.56. The average molecular weight is 327 g/mol. The Morgan fingerprint density at radius 1 is 0.792 bits per heavy atom. The Labute approximate surface area is 145 Å². The Morgan fingerprint density at radius 3 is 1.50 bits per heavy atom. The van der Waals surface area contributed by atoms with Crippen molar-refractivity contribution in [3.63, 3.8) is 0 Å². The summed E-state index contributed by atoms with van der Waals surface area (Å²) in [6, 6.07) is 15.5. The molecule has 0 N–H and O–H groups in total. The van der Waals surface area contributed by atoms with Crippen LogP contribution in [0.5, 0.6) is 0 Å². The highest BCUT2D eigenvalue weighted by molar-refractivity contribution is 5.32. The number of rotatable bonds is 5. The van der Waals surface area contributed by atoms with Crippen LogP contribution in [0.4, 0.5) is 5.69 Å². The maximum atomic E-state index is 10.3. The maximum absolute atomic E-state index is 10.3. The zero-order chi connectivity index (χ0) is 18.1. The van der Waals surface area contributed by atoms with E-state index < -0.39 is 0 Å². The van der Waals surface area contributed by atoms with Gasteiger partial charge in [-0.25, -0.2) is 0 Å². The van der Waals surface area contributed by atoms with Crippen molar-refractivity contribution in [3.05, 3.63) is 75.3 Å². The van der Waals surface area contributed by atoms with Gasteiger partial charge in [0.1, 0.15) is 0 Å². The highest BCUT2D eigenvalue weighted by Crippen LogP contribution is 2.14. The van der Waals surface area contributed by atoms with Crippen LogP contribution in [0.25, 0.3) is 0 Å². The van der Waals surface area contributed by atoms with E-state index in [-0.39, 0.29) is 10.6 Å². The molecule has 0 aliphatic carbocycles. The van der Waals surface area contributed by atoms with E-state index in [0.29, 0.717) is 5.92 Å². The molecule has 0 saturated carbocycles. The molecule has 0 heterocycles. The highest BCUT2D eigenvalue weighted by Gasteiger charge is 2.04. The van der Waals surface area contributed by atoms with Gasteiger partial charge in [0.25, 0.3) is 5.69 Å². The van der Waals surface area contributed by atoms with Crippen molar-refractivity contribution < 1.29 is 4.92 Å². The van der Waals surface area contributed by atoms with Crippen LogP contribution in [0.2, 0.25) is 0 Å². The van der Waals surface area contributed by atoms with Crippen molar-refractivity contribution >= 4 is 5.69 Å². The lowest BCUT2D eigenvalue weighted by Crippen LogP contribution is -1.94. The summed E-state index contributed by atoms with van der Waals surface area (Å²) in [7, 11) is 0. The van der Waals surface area contributed by atoms with E-state index >= 15 is 0 Å². The zero-order valence-electron chi connectivity index (χ0n) is 15.5. The van der Waals surface area contributed by atoms with Gasteiger partial charge < -0.3 is 0 Å². The fourth-order valence-electron chi connectivity index (χ4n) is 2.42.